The van der Waals surface area contributed by atoms with Gasteiger partial charge in [-0.25, -0.2) is 0 Å². The van der Waals surface area contributed by atoms with Crippen molar-refractivity contribution >= 4 is 5.78 Å². The van der Waals surface area contributed by atoms with Crippen LogP contribution in [-0.2, 0) is 10.8 Å². The molecule has 3 heteroatoms. The van der Waals surface area contributed by atoms with E-state index in [4.69, 9.17) is 0 Å². The minimum Gasteiger partial charge on any atom is -0.387 e. The van der Waals surface area contributed by atoms with Crippen LogP contribution in [0.4, 0.5) is 0 Å². The average Bonchev–Trinajstić information content (AvgIpc) is 2.63. The van der Waals surface area contributed by atoms with Crippen LogP contribution in [-0.4, -0.2) is 24.0 Å². The second kappa shape index (κ2) is 9.02. The van der Waals surface area contributed by atoms with Gasteiger partial charge in [0.25, 0.3) is 0 Å². The van der Waals surface area contributed by atoms with Crippen LogP contribution in [0.3, 0.4) is 0 Å². The summed E-state index contributed by atoms with van der Waals surface area (Å²) < 4.78 is 0. The predicted molar refractivity (Wildman–Crippen MR) is 117 cm³/mol. The van der Waals surface area contributed by atoms with Crippen molar-refractivity contribution in [2.45, 2.75) is 64.9 Å². The van der Waals surface area contributed by atoms with Crippen LogP contribution in [0, 0.1) is 0 Å². The summed E-state index contributed by atoms with van der Waals surface area (Å²) in [7, 11) is 0. The first-order chi connectivity index (χ1) is 13.0. The van der Waals surface area contributed by atoms with Crippen LogP contribution in [0.5, 0.6) is 0 Å². The number of carbonyl (C=O) groups is 1. The third kappa shape index (κ3) is 6.29. The van der Waals surface area contributed by atoms with E-state index in [2.05, 4.69) is 59.0 Å². The summed E-state index contributed by atoms with van der Waals surface area (Å²) in [6.45, 7) is 14.0. The second-order valence-corrected chi connectivity index (χ2v) is 9.59. The van der Waals surface area contributed by atoms with Crippen molar-refractivity contribution in [3.05, 3.63) is 70.8 Å². The highest BCUT2D eigenvalue weighted by atomic mass is 16.3. The number of carbonyl (C=O) groups excluding carboxylic acids is 1. The Morgan fingerprint density at radius 2 is 1.32 bits per heavy atom. The number of hydrogen-bond donors (Lipinski definition) is 2. The van der Waals surface area contributed by atoms with Crippen LogP contribution < -0.4 is 5.32 Å². The molecule has 2 aromatic rings. The normalized spacial score (nSPS) is 13.4. The summed E-state index contributed by atoms with van der Waals surface area (Å²) in [5.74, 6) is 0.122. The molecule has 28 heavy (non-hydrogen) atoms. The molecule has 0 saturated carbocycles. The van der Waals surface area contributed by atoms with Crippen molar-refractivity contribution in [1.29, 1.82) is 0 Å². The first-order valence-corrected chi connectivity index (χ1v) is 10.1. The molecule has 2 N–H and O–H groups in total. The maximum atomic E-state index is 12.3. The zero-order valence-electron chi connectivity index (χ0n) is 18.2. The largest absolute Gasteiger partial charge is 0.387 e. The third-order valence-corrected chi connectivity index (χ3v) is 5.10. The zero-order valence-corrected chi connectivity index (χ0v) is 18.2. The van der Waals surface area contributed by atoms with Gasteiger partial charge in [-0.2, -0.15) is 0 Å². The summed E-state index contributed by atoms with van der Waals surface area (Å²) in [6.07, 6.45) is -0.153. The van der Waals surface area contributed by atoms with Gasteiger partial charge in [-0.1, -0.05) is 90.1 Å². The van der Waals surface area contributed by atoms with Crippen molar-refractivity contribution in [3.63, 3.8) is 0 Å². The van der Waals surface area contributed by atoms with Gasteiger partial charge in [0.2, 0.25) is 0 Å². The second-order valence-electron chi connectivity index (χ2n) is 9.59. The Bertz CT molecular complexity index is 762. The fraction of sp³-hybridized carbons (Fsp3) is 0.480. The third-order valence-electron chi connectivity index (χ3n) is 5.10. The first-order valence-electron chi connectivity index (χ1n) is 10.1. The van der Waals surface area contributed by atoms with Gasteiger partial charge in [-0.3, -0.25) is 4.79 Å². The Labute approximate surface area is 170 Å². The molecule has 0 aliphatic rings. The molecule has 0 aromatic heterocycles. The SMILES string of the molecule is CC(C)(C)c1ccc(C(=O)CCNCC(O)c2ccc(C(C)(C)C)cc2)cc1. The summed E-state index contributed by atoms with van der Waals surface area (Å²) in [5, 5.41) is 13.5. The molecule has 0 saturated heterocycles. The smallest absolute Gasteiger partial charge is 0.164 e. The van der Waals surface area contributed by atoms with E-state index in [1.807, 2.05) is 36.4 Å². The molecule has 152 valence electrons. The van der Waals surface area contributed by atoms with Crippen molar-refractivity contribution < 1.29 is 9.90 Å². The summed E-state index contributed by atoms with van der Waals surface area (Å²) in [4.78, 5) is 12.3. The van der Waals surface area contributed by atoms with E-state index in [9.17, 15) is 9.90 Å². The fourth-order valence-corrected chi connectivity index (χ4v) is 3.06. The Hall–Kier alpha value is -1.97. The molecule has 0 aliphatic heterocycles. The molecular formula is C25H35NO2. The van der Waals surface area contributed by atoms with Crippen molar-refractivity contribution in [1.82, 2.24) is 5.32 Å². The van der Waals surface area contributed by atoms with Gasteiger partial charge in [0, 0.05) is 25.1 Å². The van der Waals surface area contributed by atoms with Crippen LogP contribution in [0.25, 0.3) is 0 Å². The standard InChI is InChI=1S/C25H35NO2/c1-24(2,3)20-11-7-18(8-12-20)22(27)15-16-26-17-23(28)19-9-13-21(14-10-19)25(4,5)6/h7-14,23,26,28H,15-17H2,1-6H3. The minimum atomic E-state index is -0.574. The molecule has 0 radical (unpaired) electrons. The summed E-state index contributed by atoms with van der Waals surface area (Å²) in [5.41, 5.74) is 4.30. The molecule has 0 amide bonds. The molecule has 3 nitrogen and oxygen atoms in total. The lowest BCUT2D eigenvalue weighted by Crippen LogP contribution is -2.24. The van der Waals surface area contributed by atoms with Crippen LogP contribution in [0.15, 0.2) is 48.5 Å². The number of aliphatic hydroxyl groups excluding tert-OH is 1. The van der Waals surface area contributed by atoms with Gasteiger partial charge in [-0.15, -0.1) is 0 Å². The molecular weight excluding hydrogens is 346 g/mol. The fourth-order valence-electron chi connectivity index (χ4n) is 3.06. The highest BCUT2D eigenvalue weighted by molar-refractivity contribution is 5.96. The highest BCUT2D eigenvalue weighted by Crippen LogP contribution is 2.24. The Morgan fingerprint density at radius 3 is 1.79 bits per heavy atom. The molecule has 0 aliphatic carbocycles. The number of aliphatic hydroxyl groups is 1. The Balaban J connectivity index is 1.79. The van der Waals surface area contributed by atoms with Gasteiger partial charge < -0.3 is 10.4 Å². The summed E-state index contributed by atoms with van der Waals surface area (Å²) in [6, 6.07) is 16.0. The number of ketones is 1. The highest BCUT2D eigenvalue weighted by Gasteiger charge is 2.16. The lowest BCUT2D eigenvalue weighted by Gasteiger charge is -2.20. The molecule has 0 heterocycles. The van der Waals surface area contributed by atoms with E-state index < -0.39 is 6.10 Å². The molecule has 0 bridgehead atoms. The number of rotatable bonds is 7. The van der Waals surface area contributed by atoms with Crippen molar-refractivity contribution in [3.8, 4) is 0 Å². The molecule has 1 unspecified atom stereocenters. The van der Waals surface area contributed by atoms with Gasteiger partial charge in [-0.05, 0) is 27.5 Å². The Morgan fingerprint density at radius 1 is 0.857 bits per heavy atom. The lowest BCUT2D eigenvalue weighted by molar-refractivity contribution is 0.0979. The van der Waals surface area contributed by atoms with E-state index in [1.54, 1.807) is 0 Å². The van der Waals surface area contributed by atoms with Gasteiger partial charge in [0.05, 0.1) is 6.10 Å². The molecule has 2 rings (SSSR count). The van der Waals surface area contributed by atoms with Gasteiger partial charge in [0.1, 0.15) is 0 Å². The van der Waals surface area contributed by atoms with E-state index in [-0.39, 0.29) is 16.6 Å². The zero-order chi connectivity index (χ0) is 20.9. The number of benzene rings is 2. The van der Waals surface area contributed by atoms with E-state index in [0.29, 0.717) is 19.5 Å². The molecule has 2 aromatic carbocycles. The predicted octanol–water partition coefficient (Wildman–Crippen LogP) is 5.18. The summed E-state index contributed by atoms with van der Waals surface area (Å²) >= 11 is 0. The van der Waals surface area contributed by atoms with E-state index >= 15 is 0 Å². The van der Waals surface area contributed by atoms with Crippen LogP contribution in [0.1, 0.15) is 81.1 Å². The van der Waals surface area contributed by atoms with Crippen molar-refractivity contribution in [2.24, 2.45) is 0 Å². The monoisotopic (exact) mass is 381 g/mol. The first kappa shape index (κ1) is 22.3. The van der Waals surface area contributed by atoms with E-state index in [0.717, 1.165) is 11.1 Å². The minimum absolute atomic E-state index is 0.0877. The average molecular weight is 382 g/mol. The maximum absolute atomic E-state index is 12.3. The molecule has 0 spiro atoms. The lowest BCUT2D eigenvalue weighted by atomic mass is 9.86. The topological polar surface area (TPSA) is 49.3 Å². The van der Waals surface area contributed by atoms with Crippen molar-refractivity contribution in [2.75, 3.05) is 13.1 Å². The van der Waals surface area contributed by atoms with Crippen LogP contribution in [0.2, 0.25) is 0 Å². The molecule has 1 atom stereocenters. The molecule has 0 fully saturated rings. The number of Topliss-reactive ketones (excluding diaryl/α,β-unsaturated/α-hetero) is 1. The van der Waals surface area contributed by atoms with Crippen LogP contribution >= 0.6 is 0 Å². The van der Waals surface area contributed by atoms with E-state index in [1.165, 1.54) is 11.1 Å². The number of hydrogen-bond acceptors (Lipinski definition) is 3. The Kier molecular flexibility index (Phi) is 7.19. The van der Waals surface area contributed by atoms with Gasteiger partial charge >= 0.3 is 0 Å². The quantitative estimate of drug-likeness (QED) is 0.513. The van der Waals surface area contributed by atoms with Gasteiger partial charge in [0.15, 0.2) is 5.78 Å². The number of nitrogens with one attached hydrogen (secondary N) is 1. The maximum Gasteiger partial charge on any atom is 0.164 e.